The van der Waals surface area contributed by atoms with Gasteiger partial charge in [-0.25, -0.2) is 0 Å². The largest absolute Gasteiger partial charge is 0.355 e. The summed E-state index contributed by atoms with van der Waals surface area (Å²) in [5.74, 6) is 0. The van der Waals surface area contributed by atoms with Crippen molar-refractivity contribution in [2.45, 2.75) is 13.3 Å². The molecular formula is C16H18N2. The van der Waals surface area contributed by atoms with Gasteiger partial charge in [0, 0.05) is 12.7 Å². The van der Waals surface area contributed by atoms with Crippen molar-refractivity contribution < 1.29 is 0 Å². The van der Waals surface area contributed by atoms with Crippen molar-refractivity contribution in [2.75, 3.05) is 23.5 Å². The zero-order valence-corrected chi connectivity index (χ0v) is 10.9. The first-order valence-corrected chi connectivity index (χ1v) is 6.47. The van der Waals surface area contributed by atoms with Crippen LogP contribution in [0.4, 0.5) is 17.1 Å². The summed E-state index contributed by atoms with van der Waals surface area (Å²) in [4.78, 5) is 4.69. The third kappa shape index (κ3) is 1.65. The molecular weight excluding hydrogens is 220 g/mol. The van der Waals surface area contributed by atoms with Crippen LogP contribution in [0.2, 0.25) is 0 Å². The van der Waals surface area contributed by atoms with E-state index in [1.807, 2.05) is 0 Å². The van der Waals surface area contributed by atoms with E-state index in [0.29, 0.717) is 0 Å². The highest BCUT2D eigenvalue weighted by molar-refractivity contribution is 5.82. The second-order valence-electron chi connectivity index (χ2n) is 4.74. The summed E-state index contributed by atoms with van der Waals surface area (Å²) in [6.45, 7) is 3.14. The summed E-state index contributed by atoms with van der Waals surface area (Å²) in [6.07, 6.45) is 1.07. The third-order valence-corrected chi connectivity index (χ3v) is 3.60. The first kappa shape index (κ1) is 11.1. The topological polar surface area (TPSA) is 6.48 Å². The smallest absolute Gasteiger partial charge is 0.0950 e. The van der Waals surface area contributed by atoms with Crippen LogP contribution in [0.5, 0.6) is 0 Å². The second-order valence-corrected chi connectivity index (χ2v) is 4.74. The lowest BCUT2D eigenvalue weighted by Gasteiger charge is -2.22. The number of hydrogen-bond donors (Lipinski definition) is 0. The standard InChI is InChI=1S/C16H18N2/c1-3-13-8-4-5-9-14(13)18-12-17(2)15-10-6-7-11-16(15)18/h4-11H,3,12H2,1-2H3. The molecule has 0 unspecified atom stereocenters. The fourth-order valence-corrected chi connectivity index (χ4v) is 2.66. The average molecular weight is 238 g/mol. The predicted octanol–water partition coefficient (Wildman–Crippen LogP) is 3.79. The summed E-state index contributed by atoms with van der Waals surface area (Å²) in [7, 11) is 2.15. The maximum absolute atomic E-state index is 2.40. The SMILES string of the molecule is CCc1ccccc1N1CN(C)c2ccccc21. The fourth-order valence-electron chi connectivity index (χ4n) is 2.66. The number of hydrogen-bond acceptors (Lipinski definition) is 2. The number of para-hydroxylation sites is 3. The van der Waals surface area contributed by atoms with Crippen LogP contribution in [-0.2, 0) is 6.42 Å². The number of fused-ring (bicyclic) bond motifs is 1. The number of benzene rings is 2. The Bertz CT molecular complexity index is 563. The molecule has 1 aliphatic rings. The van der Waals surface area contributed by atoms with Crippen molar-refractivity contribution in [3.8, 4) is 0 Å². The summed E-state index contributed by atoms with van der Waals surface area (Å²) < 4.78 is 0. The lowest BCUT2D eigenvalue weighted by Crippen LogP contribution is -2.24. The normalized spacial score (nSPS) is 13.9. The molecule has 1 heterocycles. The number of anilines is 3. The molecule has 0 amide bonds. The van der Waals surface area contributed by atoms with E-state index in [1.54, 1.807) is 0 Å². The molecule has 18 heavy (non-hydrogen) atoms. The van der Waals surface area contributed by atoms with E-state index in [2.05, 4.69) is 72.3 Å². The van der Waals surface area contributed by atoms with E-state index in [1.165, 1.54) is 22.6 Å². The van der Waals surface area contributed by atoms with Gasteiger partial charge in [0.05, 0.1) is 18.0 Å². The van der Waals surface area contributed by atoms with Gasteiger partial charge in [0.15, 0.2) is 0 Å². The van der Waals surface area contributed by atoms with Crippen LogP contribution in [0.1, 0.15) is 12.5 Å². The molecule has 0 N–H and O–H groups in total. The van der Waals surface area contributed by atoms with Gasteiger partial charge in [-0.15, -0.1) is 0 Å². The van der Waals surface area contributed by atoms with Crippen LogP contribution in [-0.4, -0.2) is 13.7 Å². The Morgan fingerprint density at radius 3 is 2.22 bits per heavy atom. The molecule has 1 aliphatic heterocycles. The summed E-state index contributed by atoms with van der Waals surface area (Å²) in [5, 5.41) is 0. The predicted molar refractivity (Wildman–Crippen MR) is 77.7 cm³/mol. The summed E-state index contributed by atoms with van der Waals surface area (Å²) in [6, 6.07) is 17.3. The Morgan fingerprint density at radius 1 is 0.889 bits per heavy atom. The summed E-state index contributed by atoms with van der Waals surface area (Å²) in [5.41, 5.74) is 5.35. The fraction of sp³-hybridized carbons (Fsp3) is 0.250. The van der Waals surface area contributed by atoms with Crippen LogP contribution in [0.3, 0.4) is 0 Å². The van der Waals surface area contributed by atoms with Gasteiger partial charge >= 0.3 is 0 Å². The Morgan fingerprint density at radius 2 is 1.50 bits per heavy atom. The molecule has 0 aromatic heterocycles. The van der Waals surface area contributed by atoms with Crippen molar-refractivity contribution >= 4 is 17.1 Å². The van der Waals surface area contributed by atoms with Gasteiger partial charge in [0.1, 0.15) is 0 Å². The molecule has 2 aromatic carbocycles. The van der Waals surface area contributed by atoms with Crippen LogP contribution < -0.4 is 9.80 Å². The molecule has 2 nitrogen and oxygen atoms in total. The number of aryl methyl sites for hydroxylation is 1. The highest BCUT2D eigenvalue weighted by atomic mass is 15.4. The molecule has 0 fully saturated rings. The van der Waals surface area contributed by atoms with Crippen molar-refractivity contribution in [3.05, 3.63) is 54.1 Å². The van der Waals surface area contributed by atoms with Crippen molar-refractivity contribution in [2.24, 2.45) is 0 Å². The zero-order valence-electron chi connectivity index (χ0n) is 10.9. The molecule has 2 heteroatoms. The maximum atomic E-state index is 2.40. The molecule has 2 aromatic rings. The van der Waals surface area contributed by atoms with E-state index in [4.69, 9.17) is 0 Å². The van der Waals surface area contributed by atoms with Crippen LogP contribution >= 0.6 is 0 Å². The molecule has 0 saturated heterocycles. The van der Waals surface area contributed by atoms with Gasteiger partial charge in [0.25, 0.3) is 0 Å². The van der Waals surface area contributed by atoms with Crippen molar-refractivity contribution in [3.63, 3.8) is 0 Å². The lowest BCUT2D eigenvalue weighted by atomic mass is 10.1. The molecule has 0 spiro atoms. The summed E-state index contributed by atoms with van der Waals surface area (Å²) >= 11 is 0. The molecule has 92 valence electrons. The maximum Gasteiger partial charge on any atom is 0.0950 e. The molecule has 0 aliphatic carbocycles. The lowest BCUT2D eigenvalue weighted by molar-refractivity contribution is 0.939. The first-order chi connectivity index (χ1) is 8.81. The minimum Gasteiger partial charge on any atom is -0.355 e. The van der Waals surface area contributed by atoms with E-state index in [-0.39, 0.29) is 0 Å². The zero-order chi connectivity index (χ0) is 12.5. The van der Waals surface area contributed by atoms with Gasteiger partial charge in [-0.1, -0.05) is 37.3 Å². The first-order valence-electron chi connectivity index (χ1n) is 6.47. The Hall–Kier alpha value is -1.96. The quantitative estimate of drug-likeness (QED) is 0.785. The molecule has 0 bridgehead atoms. The van der Waals surface area contributed by atoms with Crippen molar-refractivity contribution in [1.82, 2.24) is 0 Å². The van der Waals surface area contributed by atoms with Gasteiger partial charge < -0.3 is 9.80 Å². The number of nitrogens with zero attached hydrogens (tertiary/aromatic N) is 2. The van der Waals surface area contributed by atoms with Gasteiger partial charge in [-0.3, -0.25) is 0 Å². The van der Waals surface area contributed by atoms with E-state index in [0.717, 1.165) is 13.1 Å². The average Bonchev–Trinajstić information content (AvgIpc) is 2.77. The Kier molecular flexibility index (Phi) is 2.71. The highest BCUT2D eigenvalue weighted by Gasteiger charge is 2.24. The van der Waals surface area contributed by atoms with Crippen molar-refractivity contribution in [1.29, 1.82) is 0 Å². The Balaban J connectivity index is 2.09. The monoisotopic (exact) mass is 238 g/mol. The minimum absolute atomic E-state index is 0.927. The van der Waals surface area contributed by atoms with Crippen LogP contribution in [0.25, 0.3) is 0 Å². The minimum atomic E-state index is 0.927. The second kappa shape index (κ2) is 4.37. The number of rotatable bonds is 2. The molecule has 0 atom stereocenters. The highest BCUT2D eigenvalue weighted by Crippen LogP contribution is 2.40. The van der Waals surface area contributed by atoms with Gasteiger partial charge in [-0.2, -0.15) is 0 Å². The Labute approximate surface area is 108 Å². The van der Waals surface area contributed by atoms with E-state index < -0.39 is 0 Å². The molecule has 3 rings (SSSR count). The molecule has 0 radical (unpaired) electrons. The third-order valence-electron chi connectivity index (χ3n) is 3.60. The van der Waals surface area contributed by atoms with Gasteiger partial charge in [-0.05, 0) is 30.2 Å². The van der Waals surface area contributed by atoms with Gasteiger partial charge in [0.2, 0.25) is 0 Å². The van der Waals surface area contributed by atoms with Crippen LogP contribution in [0.15, 0.2) is 48.5 Å². The van der Waals surface area contributed by atoms with Crippen LogP contribution in [0, 0.1) is 0 Å². The molecule has 0 saturated carbocycles. The van der Waals surface area contributed by atoms with E-state index >= 15 is 0 Å². The van der Waals surface area contributed by atoms with E-state index in [9.17, 15) is 0 Å².